The number of rotatable bonds is 5. The summed E-state index contributed by atoms with van der Waals surface area (Å²) in [7, 11) is 4.33. The third-order valence-electron chi connectivity index (χ3n) is 4.65. The second kappa shape index (κ2) is 7.24. The molecular formula is C16H27N5O. The first-order chi connectivity index (χ1) is 10.7. The normalized spacial score (nSPS) is 24.5. The highest BCUT2D eigenvalue weighted by molar-refractivity contribution is 5.28. The van der Waals surface area contributed by atoms with Gasteiger partial charge in [-0.3, -0.25) is 0 Å². The minimum absolute atomic E-state index is 0.483. The maximum absolute atomic E-state index is 5.81. The molecule has 3 rings (SSSR count). The Morgan fingerprint density at radius 3 is 2.41 bits per heavy atom. The van der Waals surface area contributed by atoms with Gasteiger partial charge < -0.3 is 19.9 Å². The Balaban J connectivity index is 1.44. The van der Waals surface area contributed by atoms with Gasteiger partial charge >= 0.3 is 0 Å². The monoisotopic (exact) mass is 305 g/mol. The molecule has 0 saturated carbocycles. The van der Waals surface area contributed by atoms with Gasteiger partial charge in [-0.2, -0.15) is 0 Å². The third kappa shape index (κ3) is 4.30. The first-order valence-electron chi connectivity index (χ1n) is 8.27. The number of aromatic nitrogens is 2. The van der Waals surface area contributed by atoms with Crippen LogP contribution >= 0.6 is 0 Å². The van der Waals surface area contributed by atoms with Gasteiger partial charge in [0.2, 0.25) is 5.95 Å². The van der Waals surface area contributed by atoms with Crippen molar-refractivity contribution in [2.75, 3.05) is 52.2 Å². The maximum atomic E-state index is 5.81. The lowest BCUT2D eigenvalue weighted by Gasteiger charge is -2.29. The van der Waals surface area contributed by atoms with Crippen LogP contribution in [-0.4, -0.2) is 72.7 Å². The first kappa shape index (κ1) is 15.5. The highest BCUT2D eigenvalue weighted by Crippen LogP contribution is 2.18. The number of nitrogens with zero attached hydrogens (tertiary/aromatic N) is 4. The molecule has 0 spiro atoms. The summed E-state index contributed by atoms with van der Waals surface area (Å²) in [5.41, 5.74) is 0. The number of anilines is 1. The molecule has 22 heavy (non-hydrogen) atoms. The van der Waals surface area contributed by atoms with Gasteiger partial charge in [-0.1, -0.05) is 0 Å². The quantitative estimate of drug-likeness (QED) is 0.885. The largest absolute Gasteiger partial charge is 0.490 e. The van der Waals surface area contributed by atoms with Crippen LogP contribution in [0.3, 0.4) is 0 Å². The maximum Gasteiger partial charge on any atom is 0.223 e. The third-order valence-corrected chi connectivity index (χ3v) is 4.65. The van der Waals surface area contributed by atoms with Crippen molar-refractivity contribution in [3.63, 3.8) is 0 Å². The van der Waals surface area contributed by atoms with Crippen molar-refractivity contribution in [1.29, 1.82) is 0 Å². The number of hydrogen-bond acceptors (Lipinski definition) is 6. The lowest BCUT2D eigenvalue weighted by molar-refractivity contribution is 0.247. The minimum Gasteiger partial charge on any atom is -0.490 e. The molecule has 122 valence electrons. The zero-order valence-electron chi connectivity index (χ0n) is 13.7. The van der Waals surface area contributed by atoms with E-state index in [4.69, 9.17) is 4.74 Å². The van der Waals surface area contributed by atoms with E-state index in [1.165, 1.54) is 13.0 Å². The molecule has 0 bridgehead atoms. The van der Waals surface area contributed by atoms with E-state index in [0.717, 1.165) is 44.8 Å². The number of likely N-dealkylation sites (tertiary alicyclic amines) is 2. The van der Waals surface area contributed by atoms with Crippen LogP contribution in [0.2, 0.25) is 0 Å². The van der Waals surface area contributed by atoms with Crippen molar-refractivity contribution in [2.45, 2.75) is 25.3 Å². The summed E-state index contributed by atoms with van der Waals surface area (Å²) in [5.74, 6) is 2.10. The lowest BCUT2D eigenvalue weighted by atomic mass is 10.1. The predicted molar refractivity (Wildman–Crippen MR) is 87.3 cm³/mol. The molecule has 1 atom stereocenters. The second-order valence-electron chi connectivity index (χ2n) is 6.69. The van der Waals surface area contributed by atoms with E-state index in [1.807, 2.05) is 0 Å². The van der Waals surface area contributed by atoms with E-state index in [9.17, 15) is 0 Å². The summed E-state index contributed by atoms with van der Waals surface area (Å²) in [5, 5.41) is 3.42. The molecule has 1 N–H and O–H groups in total. The Morgan fingerprint density at radius 2 is 1.77 bits per heavy atom. The Hall–Kier alpha value is -1.40. The molecule has 2 fully saturated rings. The molecule has 0 amide bonds. The molecule has 2 saturated heterocycles. The molecular weight excluding hydrogens is 278 g/mol. The van der Waals surface area contributed by atoms with E-state index in [-0.39, 0.29) is 0 Å². The van der Waals surface area contributed by atoms with Gasteiger partial charge in [0.15, 0.2) is 5.75 Å². The molecule has 1 aromatic rings. The summed E-state index contributed by atoms with van der Waals surface area (Å²) in [6.45, 7) is 5.32. The number of hydrogen-bond donors (Lipinski definition) is 1. The fraction of sp³-hybridized carbons (Fsp3) is 0.750. The topological polar surface area (TPSA) is 53.5 Å². The zero-order valence-corrected chi connectivity index (χ0v) is 13.7. The van der Waals surface area contributed by atoms with Crippen LogP contribution < -0.4 is 10.1 Å². The van der Waals surface area contributed by atoms with Crippen LogP contribution in [0.4, 0.5) is 5.95 Å². The standard InChI is InChI=1S/C16H27N5O/c1-20-7-4-14(5-8-20)19-16-17-9-15(10-18-16)22-12-13-3-6-21(2)11-13/h9-10,13-14H,3-8,11-12H2,1-2H3,(H,17,18,19). The molecule has 6 nitrogen and oxygen atoms in total. The highest BCUT2D eigenvalue weighted by atomic mass is 16.5. The van der Waals surface area contributed by atoms with Crippen LogP contribution in [0.15, 0.2) is 12.4 Å². The fourth-order valence-electron chi connectivity index (χ4n) is 3.18. The van der Waals surface area contributed by atoms with Crippen LogP contribution in [0.25, 0.3) is 0 Å². The van der Waals surface area contributed by atoms with E-state index in [1.54, 1.807) is 12.4 Å². The predicted octanol–water partition coefficient (Wildman–Crippen LogP) is 1.31. The van der Waals surface area contributed by atoms with Crippen LogP contribution in [0.5, 0.6) is 5.75 Å². The van der Waals surface area contributed by atoms with Crippen molar-refractivity contribution >= 4 is 5.95 Å². The summed E-state index contributed by atoms with van der Waals surface area (Å²) in [6, 6.07) is 0.483. The van der Waals surface area contributed by atoms with Crippen molar-refractivity contribution in [3.8, 4) is 5.75 Å². The van der Waals surface area contributed by atoms with Crippen molar-refractivity contribution in [2.24, 2.45) is 5.92 Å². The molecule has 0 aliphatic carbocycles. The highest BCUT2D eigenvalue weighted by Gasteiger charge is 2.20. The number of ether oxygens (including phenoxy) is 1. The Labute approximate surface area is 132 Å². The minimum atomic E-state index is 0.483. The summed E-state index contributed by atoms with van der Waals surface area (Å²) >= 11 is 0. The van der Waals surface area contributed by atoms with Gasteiger partial charge in [0.05, 0.1) is 19.0 Å². The van der Waals surface area contributed by atoms with Gasteiger partial charge in [-0.05, 0) is 53.0 Å². The number of piperidine rings is 1. The summed E-state index contributed by atoms with van der Waals surface area (Å²) in [6.07, 6.45) is 7.07. The van der Waals surface area contributed by atoms with Crippen molar-refractivity contribution in [1.82, 2.24) is 19.8 Å². The van der Waals surface area contributed by atoms with E-state index in [2.05, 4.69) is 39.2 Å². The van der Waals surface area contributed by atoms with E-state index >= 15 is 0 Å². The Morgan fingerprint density at radius 1 is 1.09 bits per heavy atom. The second-order valence-corrected chi connectivity index (χ2v) is 6.69. The molecule has 1 unspecified atom stereocenters. The number of nitrogens with one attached hydrogen (secondary N) is 1. The molecule has 2 aliphatic heterocycles. The smallest absolute Gasteiger partial charge is 0.223 e. The van der Waals surface area contributed by atoms with Crippen molar-refractivity contribution in [3.05, 3.63) is 12.4 Å². The SMILES string of the molecule is CN1CCC(Nc2ncc(OCC3CCN(C)C3)cn2)CC1. The van der Waals surface area contributed by atoms with E-state index < -0.39 is 0 Å². The molecule has 1 aromatic heterocycles. The lowest BCUT2D eigenvalue weighted by Crippen LogP contribution is -2.37. The molecule has 6 heteroatoms. The van der Waals surface area contributed by atoms with E-state index in [0.29, 0.717) is 17.9 Å². The Bertz CT molecular complexity index is 458. The average Bonchev–Trinajstić information content (AvgIpc) is 2.94. The van der Waals surface area contributed by atoms with Gasteiger partial charge in [0, 0.05) is 18.5 Å². The van der Waals surface area contributed by atoms with Crippen LogP contribution in [-0.2, 0) is 0 Å². The van der Waals surface area contributed by atoms with Crippen LogP contribution in [0, 0.1) is 5.92 Å². The zero-order chi connectivity index (χ0) is 15.4. The van der Waals surface area contributed by atoms with Gasteiger partial charge in [0.25, 0.3) is 0 Å². The van der Waals surface area contributed by atoms with Gasteiger partial charge in [-0.15, -0.1) is 0 Å². The molecule has 2 aliphatic rings. The van der Waals surface area contributed by atoms with Gasteiger partial charge in [0.1, 0.15) is 0 Å². The molecule has 3 heterocycles. The van der Waals surface area contributed by atoms with Crippen LogP contribution in [0.1, 0.15) is 19.3 Å². The average molecular weight is 305 g/mol. The fourth-order valence-corrected chi connectivity index (χ4v) is 3.18. The van der Waals surface area contributed by atoms with Gasteiger partial charge in [-0.25, -0.2) is 9.97 Å². The Kier molecular flexibility index (Phi) is 5.10. The van der Waals surface area contributed by atoms with Crippen molar-refractivity contribution < 1.29 is 4.74 Å². The molecule has 0 aromatic carbocycles. The summed E-state index contributed by atoms with van der Waals surface area (Å²) < 4.78 is 5.81. The first-order valence-corrected chi connectivity index (χ1v) is 8.27. The molecule has 0 radical (unpaired) electrons. The summed E-state index contributed by atoms with van der Waals surface area (Å²) in [4.78, 5) is 13.5.